The van der Waals surface area contributed by atoms with E-state index in [1.165, 1.54) is 51.4 Å². The van der Waals surface area contributed by atoms with E-state index in [-0.39, 0.29) is 31.1 Å². The van der Waals surface area contributed by atoms with Crippen LogP contribution < -0.4 is 0 Å². The highest BCUT2D eigenvalue weighted by Gasteiger charge is 2.19. The molecule has 0 aliphatic carbocycles. The zero-order valence-corrected chi connectivity index (χ0v) is 47.8. The lowest BCUT2D eigenvalue weighted by atomic mass is 10.1. The van der Waals surface area contributed by atoms with Gasteiger partial charge in [-0.25, -0.2) is 0 Å². The quantitative estimate of drug-likeness (QED) is 0.0261. The molecule has 0 aromatic heterocycles. The van der Waals surface area contributed by atoms with Crippen LogP contribution in [0.2, 0.25) is 0 Å². The van der Waals surface area contributed by atoms with Crippen LogP contribution in [0.15, 0.2) is 134 Å². The van der Waals surface area contributed by atoms with Gasteiger partial charge in [0.15, 0.2) is 6.10 Å². The van der Waals surface area contributed by atoms with E-state index in [0.29, 0.717) is 19.3 Å². The molecule has 0 aliphatic heterocycles. The second-order valence-corrected chi connectivity index (χ2v) is 19.5. The van der Waals surface area contributed by atoms with E-state index in [9.17, 15) is 14.4 Å². The third kappa shape index (κ3) is 58.4. The maximum atomic E-state index is 12.9. The van der Waals surface area contributed by atoms with Crippen LogP contribution in [0.1, 0.15) is 258 Å². The predicted octanol–water partition coefficient (Wildman–Crippen LogP) is 20.6. The van der Waals surface area contributed by atoms with Crippen LogP contribution in [0.4, 0.5) is 0 Å². The molecule has 0 amide bonds. The van der Waals surface area contributed by atoms with Gasteiger partial charge in [-0.3, -0.25) is 14.4 Å². The maximum absolute atomic E-state index is 12.9. The molecule has 6 heteroatoms. The second kappa shape index (κ2) is 61.1. The molecule has 0 saturated carbocycles. The van der Waals surface area contributed by atoms with Gasteiger partial charge in [0.2, 0.25) is 0 Å². The van der Waals surface area contributed by atoms with Crippen LogP contribution in [-0.2, 0) is 28.6 Å². The molecule has 1 unspecified atom stereocenters. The van der Waals surface area contributed by atoms with E-state index in [4.69, 9.17) is 14.2 Å². The topological polar surface area (TPSA) is 78.9 Å². The summed E-state index contributed by atoms with van der Waals surface area (Å²) in [6.07, 6.45) is 85.9. The summed E-state index contributed by atoms with van der Waals surface area (Å²) in [6, 6.07) is 0. The first kappa shape index (κ1) is 69.5. The average molecular weight is 1020 g/mol. The van der Waals surface area contributed by atoms with Crippen molar-refractivity contribution in [3.8, 4) is 0 Å². The maximum Gasteiger partial charge on any atom is 0.306 e. The third-order valence-corrected chi connectivity index (χ3v) is 12.3. The van der Waals surface area contributed by atoms with Gasteiger partial charge in [-0.2, -0.15) is 0 Å². The van der Waals surface area contributed by atoms with Crippen molar-refractivity contribution in [2.45, 2.75) is 264 Å². The molecule has 0 heterocycles. The summed E-state index contributed by atoms with van der Waals surface area (Å²) in [5.74, 6) is -0.944. The monoisotopic (exact) mass is 1020 g/mol. The average Bonchev–Trinajstić information content (AvgIpc) is 3.40. The highest BCUT2D eigenvalue weighted by atomic mass is 16.6. The Morgan fingerprint density at radius 3 is 0.892 bits per heavy atom. The lowest BCUT2D eigenvalue weighted by molar-refractivity contribution is -0.167. The lowest BCUT2D eigenvalue weighted by Gasteiger charge is -2.18. The molecular formula is C68H110O6. The van der Waals surface area contributed by atoms with Crippen molar-refractivity contribution >= 4 is 17.9 Å². The Bertz CT molecular complexity index is 1600. The summed E-state index contributed by atoms with van der Waals surface area (Å²) in [6.45, 7) is 6.40. The SMILES string of the molecule is CC/C=C\C/C=C\C/C=C\C/C=C\C/C=C\C/C=C\C/C=C\CCCCCCCC(=O)OCC(COC(=O)CCCCCCC/C=C\CCC)OC(=O)CCCCCCCC/C=C\C/C=C\C/C=C\CCCCC. The van der Waals surface area contributed by atoms with Crippen molar-refractivity contribution in [3.05, 3.63) is 134 Å². The molecule has 418 valence electrons. The van der Waals surface area contributed by atoms with Crippen molar-refractivity contribution < 1.29 is 28.6 Å². The highest BCUT2D eigenvalue weighted by molar-refractivity contribution is 5.71. The molecule has 0 aromatic rings. The van der Waals surface area contributed by atoms with Crippen molar-refractivity contribution in [2.75, 3.05) is 13.2 Å². The number of ether oxygens (including phenoxy) is 3. The fraction of sp³-hybridized carbons (Fsp3) is 0.632. The van der Waals surface area contributed by atoms with Gasteiger partial charge < -0.3 is 14.2 Å². The summed E-state index contributed by atoms with van der Waals surface area (Å²) in [4.78, 5) is 38.1. The summed E-state index contributed by atoms with van der Waals surface area (Å²) in [5, 5.41) is 0. The molecule has 0 spiro atoms. The first-order valence-electron chi connectivity index (χ1n) is 30.2. The first-order chi connectivity index (χ1) is 36.5. The largest absolute Gasteiger partial charge is 0.462 e. The Labute approximate surface area is 455 Å². The minimum atomic E-state index is -0.802. The van der Waals surface area contributed by atoms with Gasteiger partial charge >= 0.3 is 17.9 Å². The summed E-state index contributed by atoms with van der Waals surface area (Å²) in [5.41, 5.74) is 0. The fourth-order valence-electron chi connectivity index (χ4n) is 7.84. The van der Waals surface area contributed by atoms with Gasteiger partial charge in [0.1, 0.15) is 13.2 Å². The molecule has 0 aliphatic rings. The van der Waals surface area contributed by atoms with E-state index in [2.05, 4.69) is 154 Å². The van der Waals surface area contributed by atoms with Gasteiger partial charge in [0.05, 0.1) is 0 Å². The van der Waals surface area contributed by atoms with Crippen molar-refractivity contribution in [1.29, 1.82) is 0 Å². The molecule has 6 nitrogen and oxygen atoms in total. The highest BCUT2D eigenvalue weighted by Crippen LogP contribution is 2.14. The van der Waals surface area contributed by atoms with Crippen LogP contribution in [0.5, 0.6) is 0 Å². The van der Waals surface area contributed by atoms with Crippen LogP contribution in [0.3, 0.4) is 0 Å². The Kier molecular flexibility index (Phi) is 57.4. The third-order valence-electron chi connectivity index (χ3n) is 12.3. The number of hydrogen-bond donors (Lipinski definition) is 0. The van der Waals surface area contributed by atoms with E-state index >= 15 is 0 Å². The normalized spacial score (nSPS) is 13.1. The Hall–Kier alpha value is -4.45. The van der Waals surface area contributed by atoms with Gasteiger partial charge in [-0.1, -0.05) is 238 Å². The molecule has 74 heavy (non-hydrogen) atoms. The number of esters is 3. The molecule has 0 radical (unpaired) electrons. The molecular weight excluding hydrogens is 913 g/mol. The number of hydrogen-bond acceptors (Lipinski definition) is 6. The summed E-state index contributed by atoms with van der Waals surface area (Å²) >= 11 is 0. The smallest absolute Gasteiger partial charge is 0.306 e. The fourth-order valence-corrected chi connectivity index (χ4v) is 7.84. The van der Waals surface area contributed by atoms with Crippen LogP contribution >= 0.6 is 0 Å². The van der Waals surface area contributed by atoms with E-state index < -0.39 is 6.10 Å². The molecule has 0 rings (SSSR count). The Morgan fingerprint density at radius 1 is 0.284 bits per heavy atom. The van der Waals surface area contributed by atoms with Crippen molar-refractivity contribution in [1.82, 2.24) is 0 Å². The van der Waals surface area contributed by atoms with Gasteiger partial charge in [0, 0.05) is 19.3 Å². The number of rotatable bonds is 53. The van der Waals surface area contributed by atoms with Crippen LogP contribution in [0, 0.1) is 0 Å². The number of allylic oxidation sites excluding steroid dienone is 22. The summed E-state index contributed by atoms with van der Waals surface area (Å²) < 4.78 is 16.8. The zero-order chi connectivity index (χ0) is 53.6. The second-order valence-electron chi connectivity index (χ2n) is 19.5. The van der Waals surface area contributed by atoms with E-state index in [1.807, 2.05) is 0 Å². The zero-order valence-electron chi connectivity index (χ0n) is 47.8. The van der Waals surface area contributed by atoms with Crippen molar-refractivity contribution in [3.63, 3.8) is 0 Å². The molecule has 0 N–H and O–H groups in total. The number of carbonyl (C=O) groups excluding carboxylic acids is 3. The van der Waals surface area contributed by atoms with Crippen LogP contribution in [0.25, 0.3) is 0 Å². The van der Waals surface area contributed by atoms with Crippen molar-refractivity contribution in [2.24, 2.45) is 0 Å². The first-order valence-corrected chi connectivity index (χ1v) is 30.2. The summed E-state index contributed by atoms with van der Waals surface area (Å²) in [7, 11) is 0. The molecule has 0 saturated heterocycles. The molecule has 1 atom stereocenters. The van der Waals surface area contributed by atoms with Crippen LogP contribution in [-0.4, -0.2) is 37.2 Å². The Balaban J connectivity index is 4.37. The number of carbonyl (C=O) groups is 3. The lowest BCUT2D eigenvalue weighted by Crippen LogP contribution is -2.30. The molecule has 0 aromatic carbocycles. The number of unbranched alkanes of at least 4 members (excludes halogenated alkanes) is 20. The molecule has 0 fully saturated rings. The minimum absolute atomic E-state index is 0.0982. The van der Waals surface area contributed by atoms with E-state index in [0.717, 1.165) is 167 Å². The Morgan fingerprint density at radius 2 is 0.554 bits per heavy atom. The van der Waals surface area contributed by atoms with Gasteiger partial charge in [-0.05, 0) is 135 Å². The van der Waals surface area contributed by atoms with Gasteiger partial charge in [-0.15, -0.1) is 0 Å². The van der Waals surface area contributed by atoms with E-state index in [1.54, 1.807) is 0 Å². The minimum Gasteiger partial charge on any atom is -0.462 e. The van der Waals surface area contributed by atoms with Gasteiger partial charge in [0.25, 0.3) is 0 Å². The predicted molar refractivity (Wildman–Crippen MR) is 320 cm³/mol. The standard InChI is InChI=1S/C68H110O6/c1-4-7-10-13-16-19-22-24-26-28-30-31-32-33-34-35-36-37-39-40-42-44-46-49-52-55-58-61-67(70)73-64-65(63-72-66(69)60-57-54-51-48-21-18-15-12-9-6-3)74-68(71)62-59-56-53-50-47-45-43-41-38-29-27-25-23-20-17-14-11-8-5-2/h7,10,12,15-17,19-20,24-27,30-31,33-34,36-38,40-42,65H,4-6,8-9,11,13-14,18,21-23,28-29,32,35,39,43-64H2,1-3H3/b10-7-,15-12-,19-16-,20-17-,26-24-,27-25-,31-30-,34-33-,37-36-,41-38-,42-40-. The molecule has 0 bridgehead atoms.